The topological polar surface area (TPSA) is 27.1 Å². The van der Waals surface area contributed by atoms with Gasteiger partial charge < -0.3 is 9.30 Å². The lowest BCUT2D eigenvalue weighted by Gasteiger charge is -2.23. The zero-order valence-electron chi connectivity index (χ0n) is 11.9. The van der Waals surface area contributed by atoms with E-state index >= 15 is 0 Å². The molecule has 1 aliphatic heterocycles. The van der Waals surface area contributed by atoms with Crippen LogP contribution in [0.15, 0.2) is 18.2 Å². The van der Waals surface area contributed by atoms with E-state index in [-0.39, 0.29) is 23.3 Å². The van der Waals surface area contributed by atoms with Gasteiger partial charge in [0.1, 0.15) is 11.6 Å². The standard InChI is InChI=1S/C16H18ClFN2O/c1-9(17)16-19-12-5-4-11(18)8-14(12)20(16)13-6-7-21-15(13)10-2-3-10/h4-5,8-10,13,15H,2-3,6-7H2,1H3. The van der Waals surface area contributed by atoms with Crippen molar-refractivity contribution < 1.29 is 9.13 Å². The highest BCUT2D eigenvalue weighted by atomic mass is 35.5. The summed E-state index contributed by atoms with van der Waals surface area (Å²) < 4.78 is 21.7. The van der Waals surface area contributed by atoms with Gasteiger partial charge in [-0.25, -0.2) is 9.37 Å². The van der Waals surface area contributed by atoms with Crippen LogP contribution >= 0.6 is 11.6 Å². The van der Waals surface area contributed by atoms with Crippen LogP contribution in [0.5, 0.6) is 0 Å². The van der Waals surface area contributed by atoms with Gasteiger partial charge in [0.25, 0.3) is 0 Å². The second-order valence-electron chi connectivity index (χ2n) is 6.12. The van der Waals surface area contributed by atoms with E-state index in [1.54, 1.807) is 12.1 Å². The second-order valence-corrected chi connectivity index (χ2v) is 6.77. The Hall–Kier alpha value is -1.13. The molecule has 1 aromatic heterocycles. The Labute approximate surface area is 128 Å². The summed E-state index contributed by atoms with van der Waals surface area (Å²) in [7, 11) is 0. The molecule has 0 N–H and O–H groups in total. The maximum absolute atomic E-state index is 13.7. The summed E-state index contributed by atoms with van der Waals surface area (Å²) in [4.78, 5) is 4.62. The van der Waals surface area contributed by atoms with Gasteiger partial charge in [-0.15, -0.1) is 11.6 Å². The molecule has 2 fully saturated rings. The van der Waals surface area contributed by atoms with E-state index in [4.69, 9.17) is 16.3 Å². The molecule has 0 radical (unpaired) electrons. The van der Waals surface area contributed by atoms with Gasteiger partial charge in [-0.3, -0.25) is 0 Å². The van der Waals surface area contributed by atoms with Gasteiger partial charge in [-0.2, -0.15) is 0 Å². The van der Waals surface area contributed by atoms with Crippen LogP contribution in [0.2, 0.25) is 0 Å². The van der Waals surface area contributed by atoms with Gasteiger partial charge in [-0.1, -0.05) is 0 Å². The van der Waals surface area contributed by atoms with Crippen molar-refractivity contribution >= 4 is 22.6 Å². The van der Waals surface area contributed by atoms with Crippen molar-refractivity contribution in [3.63, 3.8) is 0 Å². The third kappa shape index (κ3) is 2.25. The van der Waals surface area contributed by atoms with Crippen molar-refractivity contribution in [3.8, 4) is 0 Å². The molecule has 1 saturated heterocycles. The van der Waals surface area contributed by atoms with E-state index in [0.717, 1.165) is 29.9 Å². The summed E-state index contributed by atoms with van der Waals surface area (Å²) in [5.74, 6) is 1.22. The van der Waals surface area contributed by atoms with Crippen LogP contribution in [-0.4, -0.2) is 22.3 Å². The number of hydrogen-bond acceptors (Lipinski definition) is 2. The molecule has 21 heavy (non-hydrogen) atoms. The van der Waals surface area contributed by atoms with E-state index in [0.29, 0.717) is 5.92 Å². The van der Waals surface area contributed by atoms with Crippen molar-refractivity contribution in [3.05, 3.63) is 29.8 Å². The van der Waals surface area contributed by atoms with Crippen LogP contribution in [0.4, 0.5) is 4.39 Å². The molecule has 3 unspecified atom stereocenters. The summed E-state index contributed by atoms with van der Waals surface area (Å²) >= 11 is 6.32. The Kier molecular flexibility index (Phi) is 3.19. The maximum atomic E-state index is 13.7. The first kappa shape index (κ1) is 13.5. The predicted molar refractivity (Wildman–Crippen MR) is 80.1 cm³/mol. The average molecular weight is 309 g/mol. The SMILES string of the molecule is CC(Cl)c1nc2ccc(F)cc2n1C1CCOC1C1CC1. The number of rotatable bonds is 3. The molecule has 3 nitrogen and oxygen atoms in total. The summed E-state index contributed by atoms with van der Waals surface area (Å²) in [6.45, 7) is 2.68. The van der Waals surface area contributed by atoms with Crippen molar-refractivity contribution in [2.45, 2.75) is 43.7 Å². The number of fused-ring (bicyclic) bond motifs is 1. The van der Waals surface area contributed by atoms with Gasteiger partial charge >= 0.3 is 0 Å². The van der Waals surface area contributed by atoms with Crippen molar-refractivity contribution in [1.82, 2.24) is 9.55 Å². The molecule has 1 aromatic carbocycles. The third-order valence-electron chi connectivity index (χ3n) is 4.56. The van der Waals surface area contributed by atoms with Gasteiger partial charge in [0, 0.05) is 6.61 Å². The number of halogens is 2. The number of nitrogens with zero attached hydrogens (tertiary/aromatic N) is 2. The second kappa shape index (κ2) is 4.96. The highest BCUT2D eigenvalue weighted by molar-refractivity contribution is 6.20. The number of imidazole rings is 1. The Balaban J connectivity index is 1.88. The first-order chi connectivity index (χ1) is 10.1. The Morgan fingerprint density at radius 2 is 2.19 bits per heavy atom. The number of alkyl halides is 1. The molecule has 0 amide bonds. The van der Waals surface area contributed by atoms with Crippen LogP contribution in [0.3, 0.4) is 0 Å². The van der Waals surface area contributed by atoms with E-state index in [9.17, 15) is 4.39 Å². The van der Waals surface area contributed by atoms with Crippen LogP contribution in [0, 0.1) is 11.7 Å². The zero-order chi connectivity index (χ0) is 14.6. The van der Waals surface area contributed by atoms with E-state index in [1.165, 1.54) is 18.9 Å². The molecule has 1 aliphatic carbocycles. The van der Waals surface area contributed by atoms with Gasteiger partial charge in [-0.05, 0) is 50.3 Å². The smallest absolute Gasteiger partial charge is 0.128 e. The first-order valence-electron chi connectivity index (χ1n) is 7.58. The fourth-order valence-corrected chi connectivity index (χ4v) is 3.62. The number of hydrogen-bond donors (Lipinski definition) is 0. The van der Waals surface area contributed by atoms with Crippen LogP contribution < -0.4 is 0 Å². The minimum atomic E-state index is -0.237. The summed E-state index contributed by atoms with van der Waals surface area (Å²) in [6, 6.07) is 4.96. The molecule has 2 aliphatic rings. The van der Waals surface area contributed by atoms with Crippen molar-refractivity contribution in [1.29, 1.82) is 0 Å². The molecule has 0 spiro atoms. The summed E-state index contributed by atoms with van der Waals surface area (Å²) in [5, 5.41) is -0.207. The van der Waals surface area contributed by atoms with Crippen molar-refractivity contribution in [2.24, 2.45) is 5.92 Å². The molecule has 1 saturated carbocycles. The lowest BCUT2D eigenvalue weighted by atomic mass is 10.1. The molecular weight excluding hydrogens is 291 g/mol. The van der Waals surface area contributed by atoms with Gasteiger partial charge in [0.05, 0.1) is 28.6 Å². The maximum Gasteiger partial charge on any atom is 0.128 e. The fraction of sp³-hybridized carbons (Fsp3) is 0.562. The van der Waals surface area contributed by atoms with E-state index in [1.807, 2.05) is 6.92 Å². The third-order valence-corrected chi connectivity index (χ3v) is 4.75. The van der Waals surface area contributed by atoms with Crippen LogP contribution in [-0.2, 0) is 4.74 Å². The molecule has 3 atom stereocenters. The molecule has 2 heterocycles. The monoisotopic (exact) mass is 308 g/mol. The lowest BCUT2D eigenvalue weighted by molar-refractivity contribution is 0.0753. The van der Waals surface area contributed by atoms with Crippen LogP contribution in [0.1, 0.15) is 43.4 Å². The van der Waals surface area contributed by atoms with Crippen LogP contribution in [0.25, 0.3) is 11.0 Å². The normalized spacial score (nSPS) is 27.4. The number of aromatic nitrogens is 2. The number of benzene rings is 1. The Morgan fingerprint density at radius 1 is 1.38 bits per heavy atom. The first-order valence-corrected chi connectivity index (χ1v) is 8.02. The Morgan fingerprint density at radius 3 is 2.90 bits per heavy atom. The lowest BCUT2D eigenvalue weighted by Crippen LogP contribution is -2.23. The molecule has 0 bridgehead atoms. The molecule has 4 rings (SSSR count). The largest absolute Gasteiger partial charge is 0.376 e. The van der Waals surface area contributed by atoms with Crippen molar-refractivity contribution in [2.75, 3.05) is 6.61 Å². The minimum absolute atomic E-state index is 0.207. The van der Waals surface area contributed by atoms with Gasteiger partial charge in [0.2, 0.25) is 0 Å². The quantitative estimate of drug-likeness (QED) is 0.794. The highest BCUT2D eigenvalue weighted by Crippen LogP contribution is 2.45. The molecule has 2 aromatic rings. The zero-order valence-corrected chi connectivity index (χ0v) is 12.7. The average Bonchev–Trinajstić information content (AvgIpc) is 3.06. The Bertz CT molecular complexity index is 680. The summed E-state index contributed by atoms with van der Waals surface area (Å²) in [5.41, 5.74) is 1.64. The van der Waals surface area contributed by atoms with E-state index in [2.05, 4.69) is 9.55 Å². The molecule has 112 valence electrons. The minimum Gasteiger partial charge on any atom is -0.376 e. The predicted octanol–water partition coefficient (Wildman–Crippen LogP) is 4.22. The summed E-state index contributed by atoms with van der Waals surface area (Å²) in [6.07, 6.45) is 3.63. The van der Waals surface area contributed by atoms with Gasteiger partial charge in [0.15, 0.2) is 0 Å². The molecular formula is C16H18ClFN2O. The molecule has 5 heteroatoms. The number of ether oxygens (including phenoxy) is 1. The fourth-order valence-electron chi connectivity index (χ4n) is 3.47. The highest BCUT2D eigenvalue weighted by Gasteiger charge is 2.42. The van der Waals surface area contributed by atoms with E-state index < -0.39 is 0 Å².